The molecule has 0 bridgehead atoms. The molecule has 0 aromatic carbocycles. The Kier molecular flexibility index (Phi) is 4.03. The second-order valence-corrected chi connectivity index (χ2v) is 4.58. The Hall–Kier alpha value is -0.770. The van der Waals surface area contributed by atoms with Gasteiger partial charge in [-0.15, -0.1) is 0 Å². The van der Waals surface area contributed by atoms with Crippen LogP contribution in [0.25, 0.3) is 0 Å². The van der Waals surface area contributed by atoms with Gasteiger partial charge in [-0.1, -0.05) is 32.4 Å². The van der Waals surface area contributed by atoms with Crippen molar-refractivity contribution < 1.29 is 0 Å². The van der Waals surface area contributed by atoms with Gasteiger partial charge in [0.1, 0.15) is 0 Å². The van der Waals surface area contributed by atoms with Gasteiger partial charge < -0.3 is 0 Å². The molecule has 0 aliphatic carbocycles. The van der Waals surface area contributed by atoms with Crippen LogP contribution in [0.4, 0.5) is 0 Å². The van der Waals surface area contributed by atoms with Crippen LogP contribution in [-0.4, -0.2) is 0 Å². The molecule has 0 aliphatic rings. The number of nitrogens with zero attached hydrogens (tertiary/aromatic N) is 1. The molecule has 0 N–H and O–H groups in total. The lowest BCUT2D eigenvalue weighted by Gasteiger charge is -2.26. The molecule has 0 radical (unpaired) electrons. The Balaban J connectivity index is 4.48. The van der Waals surface area contributed by atoms with Crippen LogP contribution in [0.3, 0.4) is 0 Å². The summed E-state index contributed by atoms with van der Waals surface area (Å²) in [6, 6.07) is 2.24. The molecular formula is C11H19N. The fourth-order valence-corrected chi connectivity index (χ4v) is 1.12. The molecule has 0 spiro atoms. The van der Waals surface area contributed by atoms with Gasteiger partial charge in [0, 0.05) is 6.42 Å². The maximum atomic E-state index is 8.63. The number of hydrogen-bond donors (Lipinski definition) is 0. The zero-order valence-electron chi connectivity index (χ0n) is 8.81. The Morgan fingerprint density at radius 3 is 2.17 bits per heavy atom. The summed E-state index contributed by atoms with van der Waals surface area (Å²) >= 11 is 0. The van der Waals surface area contributed by atoms with E-state index in [2.05, 4.69) is 46.8 Å². The maximum Gasteiger partial charge on any atom is 0.0628 e. The van der Waals surface area contributed by atoms with Gasteiger partial charge in [-0.3, -0.25) is 0 Å². The molecule has 0 saturated heterocycles. The van der Waals surface area contributed by atoms with Crippen LogP contribution in [-0.2, 0) is 0 Å². The highest BCUT2D eigenvalue weighted by atomic mass is 14.3. The second-order valence-electron chi connectivity index (χ2n) is 4.58. The normalized spacial score (nSPS) is 13.3. The zero-order chi connectivity index (χ0) is 9.78. The van der Waals surface area contributed by atoms with Gasteiger partial charge in [0.25, 0.3) is 0 Å². The first-order valence-electron chi connectivity index (χ1n) is 4.40. The highest BCUT2D eigenvalue weighted by Gasteiger charge is 2.21. The fraction of sp³-hybridized carbons (Fsp3) is 0.727. The summed E-state index contributed by atoms with van der Waals surface area (Å²) in [6.45, 7) is 10.7. The highest BCUT2D eigenvalue weighted by Crippen LogP contribution is 2.30. The van der Waals surface area contributed by atoms with Crippen molar-refractivity contribution in [1.29, 1.82) is 5.26 Å². The van der Waals surface area contributed by atoms with Gasteiger partial charge in [-0.2, -0.15) is 5.26 Å². The first-order valence-corrected chi connectivity index (χ1v) is 4.40. The molecule has 0 aliphatic heterocycles. The van der Waals surface area contributed by atoms with Crippen molar-refractivity contribution in [1.82, 2.24) is 0 Å². The molecule has 0 aromatic heterocycles. The van der Waals surface area contributed by atoms with E-state index in [1.165, 1.54) is 5.57 Å². The van der Waals surface area contributed by atoms with E-state index in [-0.39, 0.29) is 5.41 Å². The molecule has 1 nitrogen and oxygen atoms in total. The Labute approximate surface area is 76.1 Å². The molecule has 0 rings (SSSR count). The van der Waals surface area contributed by atoms with Crippen LogP contribution in [0.15, 0.2) is 11.6 Å². The van der Waals surface area contributed by atoms with Gasteiger partial charge in [0.05, 0.1) is 6.07 Å². The molecule has 1 heteroatoms. The zero-order valence-corrected chi connectivity index (χ0v) is 8.81. The highest BCUT2D eigenvalue weighted by molar-refractivity contribution is 5.03. The molecule has 0 heterocycles. The molecule has 0 saturated carbocycles. The van der Waals surface area contributed by atoms with E-state index in [1.807, 2.05) is 0 Å². The fourth-order valence-electron chi connectivity index (χ4n) is 1.12. The summed E-state index contributed by atoms with van der Waals surface area (Å²) in [5.74, 6) is 0.382. The van der Waals surface area contributed by atoms with Crippen LogP contribution in [0.2, 0.25) is 0 Å². The smallest absolute Gasteiger partial charge is 0.0628 e. The first-order chi connectivity index (χ1) is 5.38. The topological polar surface area (TPSA) is 23.8 Å². The van der Waals surface area contributed by atoms with Crippen molar-refractivity contribution >= 4 is 0 Å². The molecular weight excluding hydrogens is 146 g/mol. The van der Waals surface area contributed by atoms with E-state index in [4.69, 9.17) is 5.26 Å². The van der Waals surface area contributed by atoms with E-state index in [1.54, 1.807) is 0 Å². The SMILES string of the molecule is CC(C)=CC(CC#N)C(C)(C)C. The van der Waals surface area contributed by atoms with E-state index < -0.39 is 0 Å². The van der Waals surface area contributed by atoms with E-state index in [9.17, 15) is 0 Å². The maximum absolute atomic E-state index is 8.63. The lowest BCUT2D eigenvalue weighted by molar-refractivity contribution is 0.296. The summed E-state index contributed by atoms with van der Waals surface area (Å²) in [5, 5.41) is 8.63. The Bertz CT molecular complexity index is 196. The Morgan fingerprint density at radius 2 is 1.92 bits per heavy atom. The van der Waals surface area contributed by atoms with Crippen molar-refractivity contribution in [2.24, 2.45) is 11.3 Å². The van der Waals surface area contributed by atoms with Gasteiger partial charge in [-0.05, 0) is 25.2 Å². The van der Waals surface area contributed by atoms with Gasteiger partial charge in [0.2, 0.25) is 0 Å². The molecule has 68 valence electrons. The number of allylic oxidation sites excluding steroid dienone is 2. The minimum atomic E-state index is 0.201. The van der Waals surface area contributed by atoms with Crippen molar-refractivity contribution in [2.45, 2.75) is 41.0 Å². The number of nitriles is 1. The monoisotopic (exact) mass is 165 g/mol. The molecule has 0 amide bonds. The number of hydrogen-bond acceptors (Lipinski definition) is 1. The summed E-state index contributed by atoms with van der Waals surface area (Å²) in [4.78, 5) is 0. The van der Waals surface area contributed by atoms with Crippen LogP contribution >= 0.6 is 0 Å². The van der Waals surface area contributed by atoms with Crippen LogP contribution < -0.4 is 0 Å². The van der Waals surface area contributed by atoms with Crippen LogP contribution in [0, 0.1) is 22.7 Å². The lowest BCUT2D eigenvalue weighted by atomic mass is 9.78. The summed E-state index contributed by atoms with van der Waals surface area (Å²) in [6.07, 6.45) is 2.82. The molecule has 0 fully saturated rings. The standard InChI is InChI=1S/C11H19N/c1-9(2)8-10(6-7-12)11(3,4)5/h8,10H,6H2,1-5H3. The van der Waals surface area contributed by atoms with Crippen LogP contribution in [0.5, 0.6) is 0 Å². The summed E-state index contributed by atoms with van der Waals surface area (Å²) < 4.78 is 0. The van der Waals surface area contributed by atoms with E-state index in [0.717, 1.165) is 0 Å². The van der Waals surface area contributed by atoms with E-state index in [0.29, 0.717) is 12.3 Å². The van der Waals surface area contributed by atoms with E-state index >= 15 is 0 Å². The summed E-state index contributed by atoms with van der Waals surface area (Å²) in [5.41, 5.74) is 1.50. The summed E-state index contributed by atoms with van der Waals surface area (Å²) in [7, 11) is 0. The predicted molar refractivity (Wildman–Crippen MR) is 52.6 cm³/mol. The second kappa shape index (κ2) is 4.30. The average molecular weight is 165 g/mol. The first kappa shape index (κ1) is 11.2. The van der Waals surface area contributed by atoms with Gasteiger partial charge in [0.15, 0.2) is 0 Å². The van der Waals surface area contributed by atoms with Crippen molar-refractivity contribution in [2.75, 3.05) is 0 Å². The van der Waals surface area contributed by atoms with Crippen molar-refractivity contribution in [3.8, 4) is 6.07 Å². The third-order valence-electron chi connectivity index (χ3n) is 1.96. The molecule has 12 heavy (non-hydrogen) atoms. The molecule has 1 atom stereocenters. The molecule has 1 unspecified atom stereocenters. The lowest BCUT2D eigenvalue weighted by Crippen LogP contribution is -2.18. The number of rotatable bonds is 2. The minimum absolute atomic E-state index is 0.201. The van der Waals surface area contributed by atoms with Crippen LogP contribution in [0.1, 0.15) is 41.0 Å². The third kappa shape index (κ3) is 4.18. The average Bonchev–Trinajstić information content (AvgIpc) is 1.83. The minimum Gasteiger partial charge on any atom is -0.198 e. The Morgan fingerprint density at radius 1 is 1.42 bits per heavy atom. The quantitative estimate of drug-likeness (QED) is 0.574. The molecule has 0 aromatic rings. The third-order valence-corrected chi connectivity index (χ3v) is 1.96. The van der Waals surface area contributed by atoms with Gasteiger partial charge in [-0.25, -0.2) is 0 Å². The van der Waals surface area contributed by atoms with Gasteiger partial charge >= 0.3 is 0 Å². The predicted octanol–water partition coefficient (Wildman–Crippen LogP) is 3.53. The van der Waals surface area contributed by atoms with Crippen molar-refractivity contribution in [3.05, 3.63) is 11.6 Å². The van der Waals surface area contributed by atoms with Crippen molar-refractivity contribution in [3.63, 3.8) is 0 Å². The largest absolute Gasteiger partial charge is 0.198 e.